The Balaban J connectivity index is 1.49. The zero-order valence-electron chi connectivity index (χ0n) is 15.5. The van der Waals surface area contributed by atoms with E-state index in [0.29, 0.717) is 11.8 Å². The minimum Gasteiger partial charge on any atom is -0.368 e. The Hall–Kier alpha value is -3.01. The fourth-order valence-corrected chi connectivity index (χ4v) is 3.95. The number of nitrogen functional groups attached to an aromatic ring is 1. The molecule has 1 aliphatic rings. The summed E-state index contributed by atoms with van der Waals surface area (Å²) in [5.41, 5.74) is 11.6. The van der Waals surface area contributed by atoms with Gasteiger partial charge in [0.1, 0.15) is 0 Å². The van der Waals surface area contributed by atoms with Gasteiger partial charge in [-0.15, -0.1) is 15.3 Å². The summed E-state index contributed by atoms with van der Waals surface area (Å²) in [6.07, 6.45) is 3.05. The third-order valence-corrected chi connectivity index (χ3v) is 5.69. The van der Waals surface area contributed by atoms with Gasteiger partial charge in [0, 0.05) is 14.8 Å². The van der Waals surface area contributed by atoms with E-state index in [9.17, 15) is 0 Å². The Labute approximate surface area is 181 Å². The van der Waals surface area contributed by atoms with E-state index in [4.69, 9.17) is 5.73 Å². The molecular formula is C21H18IN7. The van der Waals surface area contributed by atoms with Crippen LogP contribution in [0.4, 0.5) is 17.6 Å². The first-order valence-corrected chi connectivity index (χ1v) is 10.5. The first-order chi connectivity index (χ1) is 14.2. The van der Waals surface area contributed by atoms with Crippen molar-refractivity contribution in [3.8, 4) is 17.1 Å². The standard InChI is InChI=1S/C21H18IN7/c22-15-8-10-16(11-9-15)24-21-25-20(23)29(28-21)18-12-14-6-3-5-13-4-1-2-7-17(13)19(14)27-26-18/h1-2,4,7-12H,3,5-6H2,(H3,23,24,25,28). The van der Waals surface area contributed by atoms with Gasteiger partial charge in [-0.05, 0) is 83.3 Å². The van der Waals surface area contributed by atoms with Crippen LogP contribution in [-0.2, 0) is 12.8 Å². The summed E-state index contributed by atoms with van der Waals surface area (Å²) in [6, 6.07) is 18.4. The van der Waals surface area contributed by atoms with Gasteiger partial charge in [0.15, 0.2) is 5.82 Å². The Morgan fingerprint density at radius 3 is 2.62 bits per heavy atom. The number of hydrogen-bond donors (Lipinski definition) is 2. The second kappa shape index (κ2) is 7.43. The molecule has 2 heterocycles. The molecule has 0 bridgehead atoms. The highest BCUT2D eigenvalue weighted by atomic mass is 127. The number of nitrogens with one attached hydrogen (secondary N) is 1. The summed E-state index contributed by atoms with van der Waals surface area (Å²) in [4.78, 5) is 4.32. The van der Waals surface area contributed by atoms with Crippen molar-refractivity contribution in [3.05, 3.63) is 69.3 Å². The molecule has 0 unspecified atom stereocenters. The average Bonchev–Trinajstić information content (AvgIpc) is 2.99. The van der Waals surface area contributed by atoms with Crippen LogP contribution in [0.3, 0.4) is 0 Å². The number of fused-ring (bicyclic) bond motifs is 3. The highest BCUT2D eigenvalue weighted by Crippen LogP contribution is 2.31. The molecule has 0 fully saturated rings. The van der Waals surface area contributed by atoms with E-state index in [1.165, 1.54) is 10.2 Å². The fourth-order valence-electron chi connectivity index (χ4n) is 3.59. The third kappa shape index (κ3) is 3.55. The second-order valence-electron chi connectivity index (χ2n) is 6.92. The Bertz CT molecular complexity index is 1180. The van der Waals surface area contributed by atoms with Gasteiger partial charge in [-0.1, -0.05) is 24.3 Å². The summed E-state index contributed by atoms with van der Waals surface area (Å²) in [6.45, 7) is 0. The molecule has 0 spiro atoms. The lowest BCUT2D eigenvalue weighted by atomic mass is 10.0. The van der Waals surface area contributed by atoms with Crippen LogP contribution >= 0.6 is 22.6 Å². The van der Waals surface area contributed by atoms with Crippen molar-refractivity contribution in [3.63, 3.8) is 0 Å². The number of hydrogen-bond acceptors (Lipinski definition) is 6. The molecule has 0 saturated heterocycles. The van der Waals surface area contributed by atoms with E-state index >= 15 is 0 Å². The topological polar surface area (TPSA) is 94.5 Å². The van der Waals surface area contributed by atoms with Crippen LogP contribution in [0.2, 0.25) is 0 Å². The number of aromatic nitrogens is 5. The Kier molecular flexibility index (Phi) is 4.62. The second-order valence-corrected chi connectivity index (χ2v) is 8.17. The van der Waals surface area contributed by atoms with Crippen molar-refractivity contribution in [2.24, 2.45) is 0 Å². The van der Waals surface area contributed by atoms with Gasteiger partial charge in [0.05, 0.1) is 5.69 Å². The lowest BCUT2D eigenvalue weighted by molar-refractivity contribution is 0.801. The van der Waals surface area contributed by atoms with Gasteiger partial charge in [-0.25, -0.2) is 0 Å². The van der Waals surface area contributed by atoms with E-state index < -0.39 is 0 Å². The molecule has 0 atom stereocenters. The van der Waals surface area contributed by atoms with Crippen molar-refractivity contribution in [1.29, 1.82) is 0 Å². The van der Waals surface area contributed by atoms with Gasteiger partial charge in [0.25, 0.3) is 0 Å². The molecule has 2 aromatic carbocycles. The number of nitrogens with two attached hydrogens (primary N) is 1. The molecule has 0 aliphatic heterocycles. The van der Waals surface area contributed by atoms with Gasteiger partial charge in [-0.3, -0.25) is 0 Å². The Morgan fingerprint density at radius 2 is 1.76 bits per heavy atom. The number of benzene rings is 2. The van der Waals surface area contributed by atoms with E-state index in [0.717, 1.165) is 45.3 Å². The molecule has 5 rings (SSSR count). The van der Waals surface area contributed by atoms with Crippen molar-refractivity contribution in [2.75, 3.05) is 11.1 Å². The molecule has 8 heteroatoms. The minimum absolute atomic E-state index is 0.265. The lowest BCUT2D eigenvalue weighted by Gasteiger charge is -2.09. The zero-order chi connectivity index (χ0) is 19.8. The van der Waals surface area contributed by atoms with Gasteiger partial charge in [0.2, 0.25) is 11.9 Å². The SMILES string of the molecule is Nc1nc(Nc2ccc(I)cc2)nn1-c1cc2c(nn1)-c1ccccc1CCC2. The summed E-state index contributed by atoms with van der Waals surface area (Å²) in [5.74, 6) is 1.26. The van der Waals surface area contributed by atoms with Crippen LogP contribution in [0.5, 0.6) is 0 Å². The van der Waals surface area contributed by atoms with E-state index in [1.54, 1.807) is 0 Å². The molecule has 0 saturated carbocycles. The molecule has 144 valence electrons. The highest BCUT2D eigenvalue weighted by molar-refractivity contribution is 14.1. The normalized spacial score (nSPS) is 12.7. The summed E-state index contributed by atoms with van der Waals surface area (Å²) >= 11 is 2.27. The molecule has 29 heavy (non-hydrogen) atoms. The van der Waals surface area contributed by atoms with Crippen LogP contribution in [0.15, 0.2) is 54.6 Å². The quantitative estimate of drug-likeness (QED) is 0.415. The maximum Gasteiger partial charge on any atom is 0.248 e. The van der Waals surface area contributed by atoms with Crippen LogP contribution in [0, 0.1) is 3.57 Å². The monoisotopic (exact) mass is 495 g/mol. The molecule has 7 nitrogen and oxygen atoms in total. The third-order valence-electron chi connectivity index (χ3n) is 4.97. The van der Waals surface area contributed by atoms with Gasteiger partial charge >= 0.3 is 0 Å². The van der Waals surface area contributed by atoms with Crippen LogP contribution in [0.1, 0.15) is 17.5 Å². The van der Waals surface area contributed by atoms with Crippen LogP contribution in [0.25, 0.3) is 17.1 Å². The number of anilines is 3. The maximum atomic E-state index is 6.12. The predicted octanol–water partition coefficient (Wildman–Crippen LogP) is 4.14. The molecule has 0 amide bonds. The van der Waals surface area contributed by atoms with Crippen molar-refractivity contribution in [2.45, 2.75) is 19.3 Å². The number of aryl methyl sites for hydroxylation is 2. The first kappa shape index (κ1) is 18.0. The molecule has 4 aromatic rings. The predicted molar refractivity (Wildman–Crippen MR) is 121 cm³/mol. The fraction of sp³-hybridized carbons (Fsp3) is 0.143. The van der Waals surface area contributed by atoms with E-state index in [1.807, 2.05) is 36.4 Å². The molecule has 2 aromatic heterocycles. The largest absolute Gasteiger partial charge is 0.368 e. The van der Waals surface area contributed by atoms with Crippen molar-refractivity contribution >= 4 is 40.2 Å². The van der Waals surface area contributed by atoms with Crippen LogP contribution < -0.4 is 11.1 Å². The summed E-state index contributed by atoms with van der Waals surface area (Å²) in [5, 5.41) is 16.6. The number of halogens is 1. The lowest BCUT2D eigenvalue weighted by Crippen LogP contribution is -2.08. The zero-order valence-corrected chi connectivity index (χ0v) is 17.7. The number of rotatable bonds is 3. The smallest absolute Gasteiger partial charge is 0.248 e. The Morgan fingerprint density at radius 1 is 0.966 bits per heavy atom. The molecule has 1 aliphatic carbocycles. The molecular weight excluding hydrogens is 477 g/mol. The van der Waals surface area contributed by atoms with E-state index in [2.05, 4.69) is 66.4 Å². The van der Waals surface area contributed by atoms with Crippen LogP contribution in [-0.4, -0.2) is 25.0 Å². The van der Waals surface area contributed by atoms with Gasteiger partial charge < -0.3 is 11.1 Å². The summed E-state index contributed by atoms with van der Waals surface area (Å²) in [7, 11) is 0. The van der Waals surface area contributed by atoms with Gasteiger partial charge in [-0.2, -0.15) is 9.67 Å². The number of nitrogens with zero attached hydrogens (tertiary/aromatic N) is 5. The first-order valence-electron chi connectivity index (χ1n) is 9.38. The molecule has 3 N–H and O–H groups in total. The van der Waals surface area contributed by atoms with Crippen molar-refractivity contribution < 1.29 is 0 Å². The summed E-state index contributed by atoms with van der Waals surface area (Å²) < 4.78 is 2.69. The highest BCUT2D eigenvalue weighted by Gasteiger charge is 2.18. The van der Waals surface area contributed by atoms with Crippen molar-refractivity contribution in [1.82, 2.24) is 25.0 Å². The molecule has 0 radical (unpaired) electrons. The average molecular weight is 495 g/mol. The maximum absolute atomic E-state index is 6.12. The van der Waals surface area contributed by atoms with E-state index in [-0.39, 0.29) is 5.95 Å². The minimum atomic E-state index is 0.265.